The van der Waals surface area contributed by atoms with Crippen LogP contribution < -0.4 is 0 Å². The topological polar surface area (TPSA) is 87.1 Å². The Kier molecular flexibility index (Phi) is 29.4. The number of nitrogens with zero attached hydrogens (tertiary/aromatic N) is 1. The fourth-order valence-corrected chi connectivity index (χ4v) is 8.64. The normalized spacial score (nSPS) is 18.4. The number of carbonyl (C=O) groups is 2. The molecule has 0 amide bonds. The number of carboxylic acids is 1. The molecular weight excluding hydrogens is 656 g/mol. The van der Waals surface area contributed by atoms with Gasteiger partial charge in [0.15, 0.2) is 0 Å². The number of carbonyl (C=O) groups excluding carboxylic acids is 1. The lowest BCUT2D eigenvalue weighted by atomic mass is 9.57. The number of hydrogen-bond donors (Lipinski definition) is 2. The summed E-state index contributed by atoms with van der Waals surface area (Å²) in [6, 6.07) is 0. The summed E-state index contributed by atoms with van der Waals surface area (Å²) in [6.45, 7) is 10.8. The van der Waals surface area contributed by atoms with Crippen molar-refractivity contribution in [1.29, 1.82) is 0 Å². The minimum absolute atomic E-state index is 0.0708. The largest absolute Gasteiger partial charge is 0.481 e. The molecule has 1 heterocycles. The van der Waals surface area contributed by atoms with Crippen LogP contribution in [-0.2, 0) is 14.3 Å². The van der Waals surface area contributed by atoms with Gasteiger partial charge < -0.3 is 19.8 Å². The Hall–Kier alpha value is -1.01. The Bertz CT molecular complexity index is 894. The van der Waals surface area contributed by atoms with Crippen LogP contribution in [0.4, 0.5) is 0 Å². The molecule has 8 heteroatoms. The SMILES string of the molecule is CCCCCCCCC(CCCCCC)C(=O)O.[B]C([B])(CCCO)N1CCC2(CCC(OC(=O)C(CCCCCC)CCCCCCCC)C2)CC1. The minimum atomic E-state index is -0.837. The van der Waals surface area contributed by atoms with Crippen LogP contribution in [0.25, 0.3) is 0 Å². The van der Waals surface area contributed by atoms with E-state index in [1.807, 2.05) is 0 Å². The van der Waals surface area contributed by atoms with E-state index in [1.54, 1.807) is 0 Å². The molecular formula is C45H85B2NO5. The van der Waals surface area contributed by atoms with Crippen LogP contribution in [0.5, 0.6) is 0 Å². The van der Waals surface area contributed by atoms with Crippen LogP contribution >= 0.6 is 0 Å². The highest BCUT2D eigenvalue weighted by molar-refractivity contribution is 6.39. The number of ether oxygens (including phenoxy) is 1. The number of carboxylic acid groups (broad SMARTS) is 1. The molecule has 1 spiro atoms. The second-order valence-electron chi connectivity index (χ2n) is 17.2. The van der Waals surface area contributed by atoms with Crippen molar-refractivity contribution in [3.63, 3.8) is 0 Å². The zero-order valence-corrected chi connectivity index (χ0v) is 35.5. The molecule has 53 heavy (non-hydrogen) atoms. The zero-order chi connectivity index (χ0) is 39.2. The maximum Gasteiger partial charge on any atom is 0.309 e. The molecule has 1 aliphatic carbocycles. The molecule has 2 rings (SSSR count). The average molecular weight is 742 g/mol. The Morgan fingerprint density at radius 1 is 0.660 bits per heavy atom. The lowest BCUT2D eigenvalue weighted by Crippen LogP contribution is -2.54. The van der Waals surface area contributed by atoms with Gasteiger partial charge in [-0.3, -0.25) is 9.59 Å². The number of rotatable bonds is 31. The van der Waals surface area contributed by atoms with Crippen molar-refractivity contribution >= 4 is 27.6 Å². The number of aliphatic hydroxyl groups is 1. The van der Waals surface area contributed by atoms with E-state index in [0.29, 0.717) is 12.8 Å². The molecule has 0 aromatic heterocycles. The molecule has 0 aromatic carbocycles. The van der Waals surface area contributed by atoms with Crippen molar-refractivity contribution in [1.82, 2.24) is 4.90 Å². The van der Waals surface area contributed by atoms with Crippen LogP contribution in [0.15, 0.2) is 0 Å². The summed E-state index contributed by atoms with van der Waals surface area (Å²) in [4.78, 5) is 26.5. The number of piperidine rings is 1. The predicted molar refractivity (Wildman–Crippen MR) is 226 cm³/mol. The van der Waals surface area contributed by atoms with Gasteiger partial charge in [0.1, 0.15) is 6.10 Å². The van der Waals surface area contributed by atoms with Gasteiger partial charge in [0.25, 0.3) is 0 Å². The van der Waals surface area contributed by atoms with Gasteiger partial charge in [0.2, 0.25) is 0 Å². The number of unbranched alkanes of at least 4 members (excludes halogenated alkanes) is 16. The molecule has 4 radical (unpaired) electrons. The standard InChI is InChI=1S/C29H53B2NO3.C16H32O2/c1-3-5-7-9-10-12-15-25(14-11-8-6-4-2)27(34)35-26-16-18-28(24-26)19-21-32(22-20-28)29(30,31)17-13-23-33;1-3-5-7-9-10-12-14-15(16(17)18)13-11-8-6-4-2/h25-26,33H,3-24H2,1-2H3;15H,3-14H2,1-2H3,(H,17,18). The number of hydrogen-bond acceptors (Lipinski definition) is 5. The predicted octanol–water partition coefficient (Wildman–Crippen LogP) is 11.7. The summed E-state index contributed by atoms with van der Waals surface area (Å²) >= 11 is 0. The van der Waals surface area contributed by atoms with E-state index in [4.69, 9.17) is 25.5 Å². The highest BCUT2D eigenvalue weighted by Crippen LogP contribution is 2.48. The summed E-state index contributed by atoms with van der Waals surface area (Å²) in [6.07, 6.45) is 35.0. The van der Waals surface area contributed by atoms with Crippen molar-refractivity contribution in [3.05, 3.63) is 0 Å². The molecule has 0 bridgehead atoms. The fraction of sp³-hybridized carbons (Fsp3) is 0.956. The molecule has 2 aliphatic rings. The molecule has 1 saturated carbocycles. The van der Waals surface area contributed by atoms with Gasteiger partial charge in [-0.15, -0.1) is 0 Å². The molecule has 2 N–H and O–H groups in total. The van der Waals surface area contributed by atoms with Crippen molar-refractivity contribution in [2.45, 2.75) is 238 Å². The maximum absolute atomic E-state index is 13.2. The Labute approximate surface area is 331 Å². The Morgan fingerprint density at radius 3 is 1.51 bits per heavy atom. The van der Waals surface area contributed by atoms with Gasteiger partial charge >= 0.3 is 11.9 Å². The third-order valence-electron chi connectivity index (χ3n) is 12.4. The van der Waals surface area contributed by atoms with E-state index in [0.717, 1.165) is 96.6 Å². The van der Waals surface area contributed by atoms with Crippen molar-refractivity contribution in [2.75, 3.05) is 19.7 Å². The van der Waals surface area contributed by atoms with E-state index in [1.165, 1.54) is 103 Å². The number of aliphatic carboxylic acids is 1. The summed E-state index contributed by atoms with van der Waals surface area (Å²) in [5.74, 6) is -0.521. The van der Waals surface area contributed by atoms with Crippen molar-refractivity contribution < 1.29 is 24.5 Å². The Balaban J connectivity index is 0.000000659. The van der Waals surface area contributed by atoms with Crippen LogP contribution in [0.1, 0.15) is 227 Å². The van der Waals surface area contributed by atoms with Gasteiger partial charge in [0, 0.05) is 6.61 Å². The Morgan fingerprint density at radius 2 is 1.08 bits per heavy atom. The highest BCUT2D eigenvalue weighted by Gasteiger charge is 2.44. The zero-order valence-electron chi connectivity index (χ0n) is 35.5. The van der Waals surface area contributed by atoms with E-state index >= 15 is 0 Å². The number of aliphatic hydroxyl groups excluding tert-OH is 1. The van der Waals surface area contributed by atoms with Gasteiger partial charge in [-0.25, -0.2) is 0 Å². The van der Waals surface area contributed by atoms with Crippen molar-refractivity contribution in [3.8, 4) is 0 Å². The van der Waals surface area contributed by atoms with E-state index in [9.17, 15) is 14.7 Å². The van der Waals surface area contributed by atoms with E-state index < -0.39 is 11.3 Å². The first kappa shape index (κ1) is 50.0. The average Bonchev–Trinajstić information content (AvgIpc) is 3.53. The van der Waals surface area contributed by atoms with Crippen LogP contribution in [0.3, 0.4) is 0 Å². The monoisotopic (exact) mass is 742 g/mol. The molecule has 3 atom stereocenters. The number of esters is 1. The lowest BCUT2D eigenvalue weighted by molar-refractivity contribution is -0.155. The molecule has 1 saturated heterocycles. The summed E-state index contributed by atoms with van der Waals surface area (Å²) in [5, 5.41) is 17.5. The van der Waals surface area contributed by atoms with E-state index in [2.05, 4.69) is 32.6 Å². The molecule has 3 unspecified atom stereocenters. The van der Waals surface area contributed by atoms with Crippen LogP contribution in [0, 0.1) is 17.3 Å². The maximum atomic E-state index is 13.2. The molecule has 6 nitrogen and oxygen atoms in total. The van der Waals surface area contributed by atoms with Crippen molar-refractivity contribution in [2.24, 2.45) is 17.3 Å². The second-order valence-corrected chi connectivity index (χ2v) is 17.2. The third kappa shape index (κ3) is 23.0. The van der Waals surface area contributed by atoms with Gasteiger partial charge in [-0.2, -0.15) is 0 Å². The lowest BCUT2D eigenvalue weighted by Gasteiger charge is -2.47. The first-order valence-corrected chi connectivity index (χ1v) is 22.9. The summed E-state index contributed by atoms with van der Waals surface area (Å²) < 4.78 is 6.17. The van der Waals surface area contributed by atoms with E-state index in [-0.39, 0.29) is 35.9 Å². The highest BCUT2D eigenvalue weighted by atomic mass is 16.5. The first-order chi connectivity index (χ1) is 25.6. The van der Waals surface area contributed by atoms with Gasteiger partial charge in [0.05, 0.1) is 27.5 Å². The minimum Gasteiger partial charge on any atom is -0.481 e. The van der Waals surface area contributed by atoms with Gasteiger partial charge in [-0.1, -0.05) is 161 Å². The summed E-state index contributed by atoms with van der Waals surface area (Å²) in [5.41, 5.74) is 0.268. The fourth-order valence-electron chi connectivity index (χ4n) is 8.64. The molecule has 2 fully saturated rings. The first-order valence-electron chi connectivity index (χ1n) is 22.9. The molecule has 306 valence electrons. The quantitative estimate of drug-likeness (QED) is 0.0418. The summed E-state index contributed by atoms with van der Waals surface area (Å²) in [7, 11) is 12.7. The van der Waals surface area contributed by atoms with Crippen LogP contribution in [0.2, 0.25) is 0 Å². The van der Waals surface area contributed by atoms with Crippen LogP contribution in [-0.4, -0.2) is 73.9 Å². The molecule has 1 aliphatic heterocycles. The molecule has 0 aromatic rings. The van der Waals surface area contributed by atoms with Gasteiger partial charge in [-0.05, 0) is 89.1 Å². The third-order valence-corrected chi connectivity index (χ3v) is 12.4. The number of likely N-dealkylation sites (tertiary alicyclic amines) is 1. The smallest absolute Gasteiger partial charge is 0.309 e. The second kappa shape index (κ2) is 31.1.